The molecule has 0 spiro atoms. The van der Waals surface area contributed by atoms with Gasteiger partial charge in [-0.3, -0.25) is 4.90 Å². The standard InChI is InChI=1S/C27H27N7OS/c1-35-22-13-11-21(12-14-22)25(26-29-30-31-34(26)19-20-7-3-2-4-8-20)32-15-17-33(18-16-32)27-28-23-9-5-6-10-24(23)36-27/h2-14,25H,15-19H2,1H3/t25-/m1/s1. The van der Waals surface area contributed by atoms with Crippen molar-refractivity contribution in [3.05, 3.63) is 95.8 Å². The summed E-state index contributed by atoms with van der Waals surface area (Å²) in [7, 11) is 1.69. The number of fused-ring (bicyclic) bond motifs is 1. The highest BCUT2D eigenvalue weighted by Gasteiger charge is 2.31. The van der Waals surface area contributed by atoms with E-state index in [1.165, 1.54) is 10.3 Å². The summed E-state index contributed by atoms with van der Waals surface area (Å²) in [5.74, 6) is 1.68. The topological polar surface area (TPSA) is 72.2 Å². The zero-order chi connectivity index (χ0) is 24.3. The van der Waals surface area contributed by atoms with E-state index in [4.69, 9.17) is 9.72 Å². The molecule has 0 radical (unpaired) electrons. The lowest BCUT2D eigenvalue weighted by atomic mass is 10.0. The van der Waals surface area contributed by atoms with Gasteiger partial charge in [-0.1, -0.05) is 65.9 Å². The fourth-order valence-electron chi connectivity index (χ4n) is 4.75. The monoisotopic (exact) mass is 497 g/mol. The van der Waals surface area contributed by atoms with E-state index in [-0.39, 0.29) is 6.04 Å². The second kappa shape index (κ2) is 10.0. The number of aromatic nitrogens is 5. The van der Waals surface area contributed by atoms with E-state index in [9.17, 15) is 0 Å². The molecule has 36 heavy (non-hydrogen) atoms. The summed E-state index contributed by atoms with van der Waals surface area (Å²) < 4.78 is 8.55. The Morgan fingerprint density at radius 1 is 0.889 bits per heavy atom. The molecule has 0 N–H and O–H groups in total. The summed E-state index contributed by atoms with van der Waals surface area (Å²) in [6.45, 7) is 4.18. The van der Waals surface area contributed by atoms with Gasteiger partial charge in [0.25, 0.3) is 0 Å². The van der Waals surface area contributed by atoms with Crippen LogP contribution in [-0.4, -0.2) is 63.4 Å². The molecule has 3 heterocycles. The first-order valence-electron chi connectivity index (χ1n) is 12.1. The first-order valence-corrected chi connectivity index (χ1v) is 12.9. The maximum absolute atomic E-state index is 5.40. The van der Waals surface area contributed by atoms with Crippen molar-refractivity contribution >= 4 is 26.7 Å². The van der Waals surface area contributed by atoms with Gasteiger partial charge >= 0.3 is 0 Å². The van der Waals surface area contributed by atoms with Gasteiger partial charge in [0.2, 0.25) is 0 Å². The third kappa shape index (κ3) is 4.55. The van der Waals surface area contributed by atoms with E-state index in [0.717, 1.165) is 54.0 Å². The lowest BCUT2D eigenvalue weighted by Gasteiger charge is -2.38. The van der Waals surface area contributed by atoms with Gasteiger partial charge in [-0.25, -0.2) is 9.67 Å². The molecule has 1 atom stereocenters. The number of nitrogens with zero attached hydrogens (tertiary/aromatic N) is 7. The molecule has 0 aliphatic carbocycles. The number of methoxy groups -OCH3 is 1. The first kappa shape index (κ1) is 22.6. The van der Waals surface area contributed by atoms with E-state index in [1.54, 1.807) is 18.4 Å². The average molecular weight is 498 g/mol. The maximum atomic E-state index is 5.40. The Labute approximate surface area is 213 Å². The largest absolute Gasteiger partial charge is 0.497 e. The van der Waals surface area contributed by atoms with Gasteiger partial charge in [-0.05, 0) is 45.8 Å². The van der Waals surface area contributed by atoms with Crippen LogP contribution in [0.1, 0.15) is 23.0 Å². The number of benzene rings is 3. The summed E-state index contributed by atoms with van der Waals surface area (Å²) >= 11 is 1.76. The first-order chi connectivity index (χ1) is 17.8. The number of thiazole rings is 1. The number of rotatable bonds is 7. The molecule has 0 bridgehead atoms. The molecule has 1 saturated heterocycles. The van der Waals surface area contributed by atoms with Crippen LogP contribution in [0.15, 0.2) is 78.9 Å². The Kier molecular flexibility index (Phi) is 6.31. The van der Waals surface area contributed by atoms with Crippen LogP contribution < -0.4 is 9.64 Å². The third-order valence-electron chi connectivity index (χ3n) is 6.64. The molecule has 1 aliphatic heterocycles. The zero-order valence-electron chi connectivity index (χ0n) is 20.1. The number of anilines is 1. The van der Waals surface area contributed by atoms with Crippen molar-refractivity contribution < 1.29 is 4.74 Å². The van der Waals surface area contributed by atoms with Crippen LogP contribution in [0.4, 0.5) is 5.13 Å². The summed E-state index contributed by atoms with van der Waals surface area (Å²) in [5, 5.41) is 14.0. The third-order valence-corrected chi connectivity index (χ3v) is 7.74. The molecular formula is C27H27N7OS. The van der Waals surface area contributed by atoms with E-state index >= 15 is 0 Å². The molecule has 0 amide bonds. The highest BCUT2D eigenvalue weighted by Crippen LogP contribution is 2.33. The van der Waals surface area contributed by atoms with Crippen molar-refractivity contribution in [2.45, 2.75) is 12.6 Å². The van der Waals surface area contributed by atoms with Crippen molar-refractivity contribution in [1.29, 1.82) is 0 Å². The Balaban J connectivity index is 1.28. The van der Waals surface area contributed by atoms with E-state index in [2.05, 4.69) is 67.8 Å². The Bertz CT molecular complexity index is 1390. The molecule has 5 aromatic rings. The average Bonchev–Trinajstić information content (AvgIpc) is 3.57. The smallest absolute Gasteiger partial charge is 0.186 e. The molecule has 9 heteroatoms. The van der Waals surface area contributed by atoms with Crippen molar-refractivity contribution in [2.24, 2.45) is 0 Å². The molecule has 182 valence electrons. The van der Waals surface area contributed by atoms with Crippen LogP contribution in [-0.2, 0) is 6.54 Å². The van der Waals surface area contributed by atoms with Gasteiger partial charge in [0.15, 0.2) is 11.0 Å². The van der Waals surface area contributed by atoms with Gasteiger partial charge in [0.05, 0.1) is 29.9 Å². The maximum Gasteiger partial charge on any atom is 0.186 e. The zero-order valence-corrected chi connectivity index (χ0v) is 20.9. The predicted molar refractivity (Wildman–Crippen MR) is 142 cm³/mol. The van der Waals surface area contributed by atoms with Crippen molar-refractivity contribution in [3.8, 4) is 5.75 Å². The Hall–Kier alpha value is -3.82. The van der Waals surface area contributed by atoms with Gasteiger partial charge in [0, 0.05) is 26.2 Å². The molecule has 6 rings (SSSR count). The number of hydrogen-bond donors (Lipinski definition) is 0. The molecule has 3 aromatic carbocycles. The number of tetrazole rings is 1. The lowest BCUT2D eigenvalue weighted by Crippen LogP contribution is -2.48. The van der Waals surface area contributed by atoms with Crippen LogP contribution in [0.3, 0.4) is 0 Å². The minimum Gasteiger partial charge on any atom is -0.497 e. The molecule has 2 aromatic heterocycles. The molecular weight excluding hydrogens is 470 g/mol. The van der Waals surface area contributed by atoms with Gasteiger partial charge in [0.1, 0.15) is 5.75 Å². The summed E-state index contributed by atoms with van der Waals surface area (Å²) in [6, 6.07) is 26.8. The minimum absolute atomic E-state index is 0.0628. The summed E-state index contributed by atoms with van der Waals surface area (Å²) in [6.07, 6.45) is 0. The molecule has 1 aliphatic rings. The molecule has 1 fully saturated rings. The highest BCUT2D eigenvalue weighted by atomic mass is 32.1. The van der Waals surface area contributed by atoms with E-state index < -0.39 is 0 Å². The number of para-hydroxylation sites is 1. The van der Waals surface area contributed by atoms with Crippen LogP contribution >= 0.6 is 11.3 Å². The summed E-state index contributed by atoms with van der Waals surface area (Å²) in [5.41, 5.74) is 3.38. The van der Waals surface area contributed by atoms with Crippen molar-refractivity contribution in [2.75, 3.05) is 38.2 Å². The number of ether oxygens (including phenoxy) is 1. The van der Waals surface area contributed by atoms with Crippen molar-refractivity contribution in [1.82, 2.24) is 30.1 Å². The SMILES string of the molecule is COc1ccc([C@H](c2nnnn2Cc2ccccc2)N2CCN(c3nc4ccccc4s3)CC2)cc1. The predicted octanol–water partition coefficient (Wildman–Crippen LogP) is 4.25. The van der Waals surface area contributed by atoms with Crippen molar-refractivity contribution in [3.63, 3.8) is 0 Å². The van der Waals surface area contributed by atoms with Gasteiger partial charge in [-0.15, -0.1) is 5.10 Å². The van der Waals surface area contributed by atoms with Crippen LogP contribution in [0, 0.1) is 0 Å². The minimum atomic E-state index is -0.0628. The highest BCUT2D eigenvalue weighted by molar-refractivity contribution is 7.22. The summed E-state index contributed by atoms with van der Waals surface area (Å²) in [4.78, 5) is 9.73. The molecule has 0 saturated carbocycles. The van der Waals surface area contributed by atoms with Gasteiger partial charge in [-0.2, -0.15) is 0 Å². The van der Waals surface area contributed by atoms with Crippen LogP contribution in [0.25, 0.3) is 10.2 Å². The molecule has 0 unspecified atom stereocenters. The normalized spacial score (nSPS) is 15.3. The second-order valence-corrected chi connectivity index (χ2v) is 9.85. The van der Waals surface area contributed by atoms with Gasteiger partial charge < -0.3 is 9.64 Å². The lowest BCUT2D eigenvalue weighted by molar-refractivity contribution is 0.201. The van der Waals surface area contributed by atoms with Crippen LogP contribution in [0.5, 0.6) is 5.75 Å². The van der Waals surface area contributed by atoms with E-state index in [0.29, 0.717) is 6.54 Å². The van der Waals surface area contributed by atoms with Crippen LogP contribution in [0.2, 0.25) is 0 Å². The second-order valence-electron chi connectivity index (χ2n) is 8.84. The molecule has 8 nitrogen and oxygen atoms in total. The Morgan fingerprint density at radius 2 is 1.64 bits per heavy atom. The number of hydrogen-bond acceptors (Lipinski definition) is 8. The number of piperazine rings is 1. The quantitative estimate of drug-likeness (QED) is 0.333. The van der Waals surface area contributed by atoms with E-state index in [1.807, 2.05) is 41.1 Å². The fraction of sp³-hybridized carbons (Fsp3) is 0.259. The fourth-order valence-corrected chi connectivity index (χ4v) is 5.77. The Morgan fingerprint density at radius 3 is 2.39 bits per heavy atom.